The van der Waals surface area contributed by atoms with Crippen LogP contribution in [-0.4, -0.2) is 32.2 Å². The van der Waals surface area contributed by atoms with Gasteiger partial charge in [0, 0.05) is 32.2 Å². The molecule has 1 saturated heterocycles. The molecule has 0 aliphatic carbocycles. The second-order valence-corrected chi connectivity index (χ2v) is 4.86. The SMILES string of the molecule is CCC(N)Cc1cccc(F)c1N1CCNCC1.Cl. The molecule has 1 aromatic rings. The zero-order valence-electron chi connectivity index (χ0n) is 11.4. The van der Waals surface area contributed by atoms with Crippen molar-refractivity contribution < 1.29 is 4.39 Å². The Morgan fingerprint density at radius 2 is 2.05 bits per heavy atom. The Bertz CT molecular complexity index is 394. The summed E-state index contributed by atoms with van der Waals surface area (Å²) in [5.74, 6) is -0.127. The molecule has 0 radical (unpaired) electrons. The molecule has 0 saturated carbocycles. The molecule has 1 atom stereocenters. The van der Waals surface area contributed by atoms with Gasteiger partial charge in [0.2, 0.25) is 0 Å². The molecule has 108 valence electrons. The molecule has 1 fully saturated rings. The van der Waals surface area contributed by atoms with Crippen LogP contribution in [0.3, 0.4) is 0 Å². The van der Waals surface area contributed by atoms with Gasteiger partial charge in [-0.25, -0.2) is 4.39 Å². The topological polar surface area (TPSA) is 41.3 Å². The van der Waals surface area contributed by atoms with Gasteiger partial charge >= 0.3 is 0 Å². The summed E-state index contributed by atoms with van der Waals surface area (Å²) in [6, 6.07) is 5.42. The smallest absolute Gasteiger partial charge is 0.146 e. The van der Waals surface area contributed by atoms with Gasteiger partial charge in [-0.3, -0.25) is 0 Å². The quantitative estimate of drug-likeness (QED) is 0.889. The molecule has 19 heavy (non-hydrogen) atoms. The zero-order valence-corrected chi connectivity index (χ0v) is 12.2. The first-order chi connectivity index (χ1) is 8.72. The van der Waals surface area contributed by atoms with Gasteiger partial charge < -0.3 is 16.0 Å². The highest BCUT2D eigenvalue weighted by Gasteiger charge is 2.18. The first-order valence-corrected chi connectivity index (χ1v) is 6.71. The van der Waals surface area contributed by atoms with Crippen LogP contribution in [0.25, 0.3) is 0 Å². The molecule has 1 unspecified atom stereocenters. The molecule has 1 heterocycles. The van der Waals surface area contributed by atoms with E-state index >= 15 is 0 Å². The number of nitrogens with zero attached hydrogens (tertiary/aromatic N) is 1. The zero-order chi connectivity index (χ0) is 13.0. The van der Waals surface area contributed by atoms with Crippen LogP contribution in [0.1, 0.15) is 18.9 Å². The fourth-order valence-corrected chi connectivity index (χ4v) is 2.39. The summed E-state index contributed by atoms with van der Waals surface area (Å²) in [7, 11) is 0. The number of rotatable bonds is 4. The summed E-state index contributed by atoms with van der Waals surface area (Å²) in [5.41, 5.74) is 7.79. The molecule has 1 aliphatic rings. The molecule has 0 bridgehead atoms. The van der Waals surface area contributed by atoms with Crippen LogP contribution < -0.4 is 16.0 Å². The number of hydrogen-bond donors (Lipinski definition) is 2. The van der Waals surface area contributed by atoms with Gasteiger partial charge in [0.15, 0.2) is 0 Å². The van der Waals surface area contributed by atoms with Crippen molar-refractivity contribution in [3.63, 3.8) is 0 Å². The maximum Gasteiger partial charge on any atom is 0.146 e. The molecule has 3 nitrogen and oxygen atoms in total. The molecule has 1 aromatic carbocycles. The van der Waals surface area contributed by atoms with E-state index in [1.54, 1.807) is 12.1 Å². The normalized spacial score (nSPS) is 16.9. The predicted molar refractivity (Wildman–Crippen MR) is 80.7 cm³/mol. The number of halogens is 2. The molecule has 5 heteroatoms. The number of hydrogen-bond acceptors (Lipinski definition) is 3. The Labute approximate surface area is 120 Å². The monoisotopic (exact) mass is 287 g/mol. The van der Waals surface area contributed by atoms with Crippen LogP contribution in [0, 0.1) is 5.82 Å². The van der Waals surface area contributed by atoms with E-state index in [4.69, 9.17) is 5.73 Å². The van der Waals surface area contributed by atoms with E-state index in [0.29, 0.717) is 0 Å². The molecular formula is C14H23ClFN3. The third-order valence-corrected chi connectivity index (χ3v) is 3.51. The van der Waals surface area contributed by atoms with Gasteiger partial charge in [-0.15, -0.1) is 12.4 Å². The molecule has 0 aromatic heterocycles. The van der Waals surface area contributed by atoms with E-state index in [2.05, 4.69) is 17.1 Å². The van der Waals surface area contributed by atoms with Crippen molar-refractivity contribution in [3.05, 3.63) is 29.6 Å². The number of nitrogens with one attached hydrogen (secondary N) is 1. The van der Waals surface area contributed by atoms with Gasteiger partial charge in [-0.2, -0.15) is 0 Å². The lowest BCUT2D eigenvalue weighted by atomic mass is 10.0. The summed E-state index contributed by atoms with van der Waals surface area (Å²) in [4.78, 5) is 2.13. The Hall–Kier alpha value is -0.840. The minimum Gasteiger partial charge on any atom is -0.366 e. The Kier molecular flexibility index (Phi) is 6.55. The molecule has 1 aliphatic heterocycles. The predicted octanol–water partition coefficient (Wildman–Crippen LogP) is 1.94. The maximum absolute atomic E-state index is 14.1. The Morgan fingerprint density at radius 3 is 2.68 bits per heavy atom. The summed E-state index contributed by atoms with van der Waals surface area (Å²) >= 11 is 0. The van der Waals surface area contributed by atoms with Crippen LogP contribution in [0.2, 0.25) is 0 Å². The highest BCUT2D eigenvalue weighted by Crippen LogP contribution is 2.26. The minimum atomic E-state index is -0.127. The van der Waals surface area contributed by atoms with Gasteiger partial charge in [0.1, 0.15) is 5.82 Å². The van der Waals surface area contributed by atoms with Crippen LogP contribution >= 0.6 is 12.4 Å². The Balaban J connectivity index is 0.00000180. The summed E-state index contributed by atoms with van der Waals surface area (Å²) in [5, 5.41) is 3.29. The van der Waals surface area contributed by atoms with Crippen molar-refractivity contribution in [1.82, 2.24) is 5.32 Å². The molecular weight excluding hydrogens is 265 g/mol. The van der Waals surface area contributed by atoms with Crippen LogP contribution in [0.15, 0.2) is 18.2 Å². The number of para-hydroxylation sites is 1. The summed E-state index contributed by atoms with van der Waals surface area (Å²) < 4.78 is 14.1. The third kappa shape index (κ3) is 4.06. The van der Waals surface area contributed by atoms with E-state index in [0.717, 1.165) is 50.3 Å². The van der Waals surface area contributed by atoms with E-state index in [1.165, 1.54) is 0 Å². The lowest BCUT2D eigenvalue weighted by Gasteiger charge is -2.31. The van der Waals surface area contributed by atoms with Crippen LogP contribution in [-0.2, 0) is 6.42 Å². The fraction of sp³-hybridized carbons (Fsp3) is 0.571. The summed E-state index contributed by atoms with van der Waals surface area (Å²) in [6.45, 7) is 5.60. The second kappa shape index (κ2) is 7.68. The number of piperazine rings is 1. The minimum absolute atomic E-state index is 0. The van der Waals surface area contributed by atoms with Gasteiger partial charge in [-0.05, 0) is 24.5 Å². The standard InChI is InChI=1S/C14H22FN3.ClH/c1-2-12(16)10-11-4-3-5-13(15)14(11)18-8-6-17-7-9-18;/h3-5,12,17H,2,6-10,16H2,1H3;1H. The van der Waals surface area contributed by atoms with Crippen molar-refractivity contribution in [2.75, 3.05) is 31.1 Å². The second-order valence-electron chi connectivity index (χ2n) is 4.86. The van der Waals surface area contributed by atoms with Crippen LogP contribution in [0.5, 0.6) is 0 Å². The van der Waals surface area contributed by atoms with E-state index in [1.807, 2.05) is 6.07 Å². The van der Waals surface area contributed by atoms with E-state index in [-0.39, 0.29) is 24.3 Å². The van der Waals surface area contributed by atoms with Crippen molar-refractivity contribution in [3.8, 4) is 0 Å². The number of nitrogens with two attached hydrogens (primary N) is 1. The van der Waals surface area contributed by atoms with Gasteiger partial charge in [0.25, 0.3) is 0 Å². The molecule has 0 spiro atoms. The van der Waals surface area contributed by atoms with E-state index < -0.39 is 0 Å². The highest BCUT2D eigenvalue weighted by atomic mass is 35.5. The van der Waals surface area contributed by atoms with Crippen molar-refractivity contribution in [1.29, 1.82) is 0 Å². The fourth-order valence-electron chi connectivity index (χ4n) is 2.39. The average molecular weight is 288 g/mol. The van der Waals surface area contributed by atoms with E-state index in [9.17, 15) is 4.39 Å². The highest BCUT2D eigenvalue weighted by molar-refractivity contribution is 5.85. The largest absolute Gasteiger partial charge is 0.366 e. The van der Waals surface area contributed by atoms with Gasteiger partial charge in [0.05, 0.1) is 5.69 Å². The number of benzene rings is 1. The van der Waals surface area contributed by atoms with Crippen molar-refractivity contribution in [2.24, 2.45) is 5.73 Å². The Morgan fingerprint density at radius 1 is 1.37 bits per heavy atom. The lowest BCUT2D eigenvalue weighted by Crippen LogP contribution is -2.44. The molecule has 2 rings (SSSR count). The van der Waals surface area contributed by atoms with Gasteiger partial charge in [-0.1, -0.05) is 19.1 Å². The molecule has 3 N–H and O–H groups in total. The maximum atomic E-state index is 14.1. The summed E-state index contributed by atoms with van der Waals surface area (Å²) in [6.07, 6.45) is 1.66. The average Bonchev–Trinajstić information content (AvgIpc) is 2.40. The lowest BCUT2D eigenvalue weighted by molar-refractivity contribution is 0.559. The first kappa shape index (κ1) is 16.2. The molecule has 0 amide bonds. The van der Waals surface area contributed by atoms with Crippen molar-refractivity contribution in [2.45, 2.75) is 25.8 Å². The first-order valence-electron chi connectivity index (χ1n) is 6.71. The third-order valence-electron chi connectivity index (χ3n) is 3.51. The van der Waals surface area contributed by atoms with Crippen molar-refractivity contribution >= 4 is 18.1 Å². The van der Waals surface area contributed by atoms with Crippen LogP contribution in [0.4, 0.5) is 10.1 Å². The number of anilines is 1.